The summed E-state index contributed by atoms with van der Waals surface area (Å²) in [6.07, 6.45) is 1.59. The number of hydrogen-bond acceptors (Lipinski definition) is 4. The van der Waals surface area contributed by atoms with Crippen molar-refractivity contribution in [2.24, 2.45) is 0 Å². The molecule has 1 aromatic rings. The zero-order valence-corrected chi connectivity index (χ0v) is 7.41. The van der Waals surface area contributed by atoms with Gasteiger partial charge in [-0.15, -0.1) is 0 Å². The van der Waals surface area contributed by atoms with Crippen molar-refractivity contribution >= 4 is 11.9 Å². The third kappa shape index (κ3) is 1.63. The molecule has 5 heteroatoms. The lowest BCUT2D eigenvalue weighted by molar-refractivity contribution is -0.120. The number of hydrogen-bond donors (Lipinski definition) is 1. The smallest absolute Gasteiger partial charge is 0.297 e. The van der Waals surface area contributed by atoms with Crippen LogP contribution in [0.15, 0.2) is 10.7 Å². The second-order valence-corrected chi connectivity index (χ2v) is 3.04. The first kappa shape index (κ1) is 8.10. The van der Waals surface area contributed by atoms with Crippen LogP contribution in [-0.4, -0.2) is 30.5 Å². The fourth-order valence-corrected chi connectivity index (χ4v) is 1.29. The lowest BCUT2D eigenvalue weighted by Crippen LogP contribution is -2.47. The van der Waals surface area contributed by atoms with E-state index in [1.54, 1.807) is 6.26 Å². The molecule has 0 unspecified atom stereocenters. The molecule has 0 aromatic carbocycles. The molecular weight excluding hydrogens is 170 g/mol. The number of carbonyl (C=O) groups excluding carboxylic acids is 1. The second kappa shape index (κ2) is 3.08. The maximum Gasteiger partial charge on any atom is 0.297 e. The molecule has 2 rings (SSSR count). The zero-order valence-electron chi connectivity index (χ0n) is 7.41. The van der Waals surface area contributed by atoms with Crippen molar-refractivity contribution in [3.05, 3.63) is 12.0 Å². The molecule has 0 spiro atoms. The van der Waals surface area contributed by atoms with Crippen molar-refractivity contribution in [2.45, 2.75) is 6.92 Å². The highest BCUT2D eigenvalue weighted by molar-refractivity contribution is 5.81. The fraction of sp³-hybridized carbons (Fsp3) is 0.500. The van der Waals surface area contributed by atoms with Gasteiger partial charge in [0, 0.05) is 13.1 Å². The van der Waals surface area contributed by atoms with E-state index in [-0.39, 0.29) is 5.91 Å². The van der Waals surface area contributed by atoms with Gasteiger partial charge in [0.25, 0.3) is 6.01 Å². The average Bonchev–Trinajstić information content (AvgIpc) is 2.52. The Balaban J connectivity index is 2.12. The van der Waals surface area contributed by atoms with Crippen LogP contribution in [0.3, 0.4) is 0 Å². The number of carbonyl (C=O) groups is 1. The Labute approximate surface area is 75.7 Å². The van der Waals surface area contributed by atoms with E-state index in [1.165, 1.54) is 0 Å². The van der Waals surface area contributed by atoms with Gasteiger partial charge in [-0.05, 0) is 6.92 Å². The molecule has 1 aromatic heterocycles. The van der Waals surface area contributed by atoms with E-state index < -0.39 is 0 Å². The van der Waals surface area contributed by atoms with Crippen molar-refractivity contribution in [1.82, 2.24) is 10.3 Å². The summed E-state index contributed by atoms with van der Waals surface area (Å²) in [5.74, 6) is 0.0158. The van der Waals surface area contributed by atoms with E-state index in [9.17, 15) is 4.79 Å². The largest absolute Gasteiger partial charge is 0.432 e. The molecule has 70 valence electrons. The van der Waals surface area contributed by atoms with Crippen LogP contribution in [0.4, 0.5) is 6.01 Å². The Morgan fingerprint density at radius 1 is 1.69 bits per heavy atom. The van der Waals surface area contributed by atoms with Crippen molar-refractivity contribution in [3.63, 3.8) is 0 Å². The van der Waals surface area contributed by atoms with Crippen LogP contribution in [-0.2, 0) is 4.79 Å². The summed E-state index contributed by atoms with van der Waals surface area (Å²) in [6.45, 7) is 3.60. The summed E-state index contributed by atoms with van der Waals surface area (Å²) in [7, 11) is 0. The molecule has 2 heterocycles. The number of aryl methyl sites for hydroxylation is 1. The number of oxazole rings is 1. The van der Waals surface area contributed by atoms with Crippen LogP contribution < -0.4 is 10.2 Å². The molecule has 0 saturated carbocycles. The van der Waals surface area contributed by atoms with Gasteiger partial charge >= 0.3 is 0 Å². The van der Waals surface area contributed by atoms with E-state index in [4.69, 9.17) is 4.42 Å². The van der Waals surface area contributed by atoms with Crippen LogP contribution in [0.1, 0.15) is 5.69 Å². The zero-order chi connectivity index (χ0) is 9.26. The number of nitrogens with one attached hydrogen (secondary N) is 1. The lowest BCUT2D eigenvalue weighted by atomic mass is 10.4. The Morgan fingerprint density at radius 3 is 3.15 bits per heavy atom. The van der Waals surface area contributed by atoms with Crippen molar-refractivity contribution < 1.29 is 9.21 Å². The highest BCUT2D eigenvalue weighted by Gasteiger charge is 2.19. The first-order chi connectivity index (χ1) is 6.25. The second-order valence-electron chi connectivity index (χ2n) is 3.04. The van der Waals surface area contributed by atoms with Crippen LogP contribution in [0.5, 0.6) is 0 Å². The van der Waals surface area contributed by atoms with Gasteiger partial charge in [0.05, 0.1) is 5.69 Å². The number of aromatic nitrogens is 1. The topological polar surface area (TPSA) is 58.4 Å². The standard InChI is InChI=1S/C8H11N3O2/c1-6-5-13-8(10-6)11-3-2-9-7(12)4-11/h5H,2-4H2,1H3,(H,9,12). The first-order valence-corrected chi connectivity index (χ1v) is 4.19. The normalized spacial score (nSPS) is 17.3. The molecule has 5 nitrogen and oxygen atoms in total. The maximum atomic E-state index is 11.0. The molecule has 13 heavy (non-hydrogen) atoms. The number of rotatable bonds is 1. The summed E-state index contributed by atoms with van der Waals surface area (Å²) < 4.78 is 5.19. The fourth-order valence-electron chi connectivity index (χ4n) is 1.29. The van der Waals surface area contributed by atoms with E-state index in [1.807, 2.05) is 11.8 Å². The minimum absolute atomic E-state index is 0.0158. The van der Waals surface area contributed by atoms with Gasteiger partial charge in [0.2, 0.25) is 5.91 Å². The molecule has 0 atom stereocenters. The van der Waals surface area contributed by atoms with Gasteiger partial charge in [0.1, 0.15) is 12.8 Å². The summed E-state index contributed by atoms with van der Waals surface area (Å²) in [6, 6.07) is 0.535. The minimum Gasteiger partial charge on any atom is -0.432 e. The van der Waals surface area contributed by atoms with Gasteiger partial charge in [0.15, 0.2) is 0 Å². The number of amides is 1. The summed E-state index contributed by atoms with van der Waals surface area (Å²) in [4.78, 5) is 17.0. The van der Waals surface area contributed by atoms with Crippen LogP contribution in [0.2, 0.25) is 0 Å². The SMILES string of the molecule is Cc1coc(N2CCNC(=O)C2)n1. The van der Waals surface area contributed by atoms with Crippen molar-refractivity contribution in [1.29, 1.82) is 0 Å². The Kier molecular flexibility index (Phi) is 1.92. The predicted octanol–water partition coefficient (Wildman–Crippen LogP) is -0.0808. The average molecular weight is 181 g/mol. The van der Waals surface area contributed by atoms with Gasteiger partial charge in [-0.1, -0.05) is 0 Å². The van der Waals surface area contributed by atoms with Crippen LogP contribution >= 0.6 is 0 Å². The van der Waals surface area contributed by atoms with Gasteiger partial charge in [-0.2, -0.15) is 4.98 Å². The monoisotopic (exact) mass is 181 g/mol. The Morgan fingerprint density at radius 2 is 2.54 bits per heavy atom. The molecule has 1 fully saturated rings. The van der Waals surface area contributed by atoms with Crippen molar-refractivity contribution in [3.8, 4) is 0 Å². The Bertz CT molecular complexity index is 321. The van der Waals surface area contributed by atoms with Gasteiger partial charge in [-0.3, -0.25) is 4.79 Å². The molecule has 0 aliphatic carbocycles. The molecule has 1 aliphatic rings. The van der Waals surface area contributed by atoms with Gasteiger partial charge in [-0.25, -0.2) is 0 Å². The summed E-state index contributed by atoms with van der Waals surface area (Å²) in [5.41, 5.74) is 0.834. The Hall–Kier alpha value is -1.52. The number of piperazine rings is 1. The third-order valence-electron chi connectivity index (χ3n) is 1.92. The minimum atomic E-state index is 0.0158. The molecule has 1 saturated heterocycles. The number of anilines is 1. The predicted molar refractivity (Wildman–Crippen MR) is 46.5 cm³/mol. The quantitative estimate of drug-likeness (QED) is 0.658. The van der Waals surface area contributed by atoms with E-state index in [2.05, 4.69) is 10.3 Å². The molecule has 0 radical (unpaired) electrons. The highest BCUT2D eigenvalue weighted by atomic mass is 16.4. The summed E-state index contributed by atoms with van der Waals surface area (Å²) >= 11 is 0. The lowest BCUT2D eigenvalue weighted by Gasteiger charge is -2.24. The highest BCUT2D eigenvalue weighted by Crippen LogP contribution is 2.13. The third-order valence-corrected chi connectivity index (χ3v) is 1.92. The van der Waals surface area contributed by atoms with E-state index in [0.717, 1.165) is 12.2 Å². The van der Waals surface area contributed by atoms with E-state index in [0.29, 0.717) is 19.1 Å². The molecule has 1 aliphatic heterocycles. The number of nitrogens with zero attached hydrogens (tertiary/aromatic N) is 2. The maximum absolute atomic E-state index is 11.0. The molecule has 1 amide bonds. The molecule has 1 N–H and O–H groups in total. The van der Waals surface area contributed by atoms with Gasteiger partial charge < -0.3 is 14.6 Å². The summed E-state index contributed by atoms with van der Waals surface area (Å²) in [5, 5.41) is 2.74. The van der Waals surface area contributed by atoms with Crippen LogP contribution in [0.25, 0.3) is 0 Å². The molecular formula is C8H11N3O2. The first-order valence-electron chi connectivity index (χ1n) is 4.19. The van der Waals surface area contributed by atoms with Crippen molar-refractivity contribution in [2.75, 3.05) is 24.5 Å². The van der Waals surface area contributed by atoms with Crippen LogP contribution in [0, 0.1) is 6.92 Å². The van der Waals surface area contributed by atoms with E-state index >= 15 is 0 Å². The molecule has 0 bridgehead atoms.